The molecule has 3 N–H and O–H groups in total. The lowest BCUT2D eigenvalue weighted by Crippen LogP contribution is -2.44. The fraction of sp³-hybridized carbons (Fsp3) is 0.533. The van der Waals surface area contributed by atoms with Crippen LogP contribution in [0.1, 0.15) is 30.9 Å². The summed E-state index contributed by atoms with van der Waals surface area (Å²) in [6.45, 7) is 3.95. The maximum absolute atomic E-state index is 12.7. The third-order valence-electron chi connectivity index (χ3n) is 4.27. The first-order valence-corrected chi connectivity index (χ1v) is 6.94. The molecule has 0 aliphatic carbocycles. The number of nitrogens with zero attached hydrogens (tertiary/aromatic N) is 1. The van der Waals surface area contributed by atoms with Gasteiger partial charge in [-0.15, -0.1) is 0 Å². The fourth-order valence-electron chi connectivity index (χ4n) is 2.58. The van der Waals surface area contributed by atoms with E-state index in [1.54, 1.807) is 6.07 Å². The predicted octanol–water partition coefficient (Wildman–Crippen LogP) is 3.24. The number of benzene rings is 1. The lowest BCUT2D eigenvalue weighted by molar-refractivity contribution is -0.137. The van der Waals surface area contributed by atoms with Crippen molar-refractivity contribution in [1.82, 2.24) is 4.90 Å². The van der Waals surface area contributed by atoms with Gasteiger partial charge in [-0.1, -0.05) is 25.1 Å². The van der Waals surface area contributed by atoms with Crippen molar-refractivity contribution in [1.29, 1.82) is 5.41 Å². The summed E-state index contributed by atoms with van der Waals surface area (Å²) in [5, 5.41) is 7.60. The van der Waals surface area contributed by atoms with E-state index in [2.05, 4.69) is 4.90 Å². The number of nitrogens with one attached hydrogen (secondary N) is 1. The van der Waals surface area contributed by atoms with E-state index >= 15 is 0 Å². The van der Waals surface area contributed by atoms with E-state index < -0.39 is 11.7 Å². The normalized spacial score (nSPS) is 19.4. The van der Waals surface area contributed by atoms with Crippen molar-refractivity contribution in [2.24, 2.45) is 11.1 Å². The first-order chi connectivity index (χ1) is 9.71. The van der Waals surface area contributed by atoms with Gasteiger partial charge in [-0.3, -0.25) is 10.3 Å². The summed E-state index contributed by atoms with van der Waals surface area (Å²) in [6.07, 6.45) is -2.77. The van der Waals surface area contributed by atoms with Gasteiger partial charge >= 0.3 is 6.18 Å². The van der Waals surface area contributed by atoms with Crippen molar-refractivity contribution >= 4 is 5.84 Å². The first-order valence-electron chi connectivity index (χ1n) is 6.94. The molecule has 0 radical (unpaired) electrons. The Hall–Kier alpha value is -1.56. The second-order valence-corrected chi connectivity index (χ2v) is 5.95. The number of alkyl halides is 3. The Morgan fingerprint density at radius 2 is 1.95 bits per heavy atom. The van der Waals surface area contributed by atoms with Gasteiger partial charge in [0.2, 0.25) is 0 Å². The van der Waals surface area contributed by atoms with Crippen LogP contribution in [-0.2, 0) is 12.7 Å². The molecule has 1 heterocycles. The number of hydrogen-bond donors (Lipinski definition) is 2. The second-order valence-electron chi connectivity index (χ2n) is 5.95. The third kappa shape index (κ3) is 3.75. The van der Waals surface area contributed by atoms with Crippen molar-refractivity contribution in [3.05, 3.63) is 35.4 Å². The summed E-state index contributed by atoms with van der Waals surface area (Å²) < 4.78 is 38.1. The van der Waals surface area contributed by atoms with Crippen LogP contribution in [0.15, 0.2) is 24.3 Å². The molecule has 0 saturated carbocycles. The average Bonchev–Trinajstić information content (AvgIpc) is 2.41. The minimum Gasteiger partial charge on any atom is -0.387 e. The standard InChI is InChI=1S/C15H20F3N3/c1-14(13(19)20)5-7-21(8-6-14)10-11-3-2-4-12(9-11)15(16,17)18/h2-4,9H,5-8,10H2,1H3,(H3,19,20). The summed E-state index contributed by atoms with van der Waals surface area (Å²) in [6, 6.07) is 5.46. The van der Waals surface area contributed by atoms with Crippen LogP contribution in [0.25, 0.3) is 0 Å². The molecule has 1 fully saturated rings. The number of likely N-dealkylation sites (tertiary alicyclic amines) is 1. The van der Waals surface area contributed by atoms with Gasteiger partial charge in [-0.05, 0) is 37.6 Å². The molecule has 6 heteroatoms. The van der Waals surface area contributed by atoms with Crippen molar-refractivity contribution in [2.45, 2.75) is 32.5 Å². The first kappa shape index (κ1) is 15.8. The minimum absolute atomic E-state index is 0.196. The highest BCUT2D eigenvalue weighted by Crippen LogP contribution is 2.32. The van der Waals surface area contributed by atoms with Crippen LogP contribution in [0.3, 0.4) is 0 Å². The Labute approximate surface area is 122 Å². The largest absolute Gasteiger partial charge is 0.416 e. The number of rotatable bonds is 3. The van der Waals surface area contributed by atoms with Gasteiger partial charge in [-0.2, -0.15) is 13.2 Å². The maximum atomic E-state index is 12.7. The lowest BCUT2D eigenvalue weighted by atomic mass is 9.79. The molecule has 116 valence electrons. The molecule has 1 saturated heterocycles. The molecule has 0 bridgehead atoms. The molecule has 3 nitrogen and oxygen atoms in total. The van der Waals surface area contributed by atoms with E-state index in [-0.39, 0.29) is 11.3 Å². The molecular weight excluding hydrogens is 279 g/mol. The molecule has 21 heavy (non-hydrogen) atoms. The summed E-state index contributed by atoms with van der Waals surface area (Å²) in [7, 11) is 0. The smallest absolute Gasteiger partial charge is 0.387 e. The lowest BCUT2D eigenvalue weighted by Gasteiger charge is -2.38. The van der Waals surface area contributed by atoms with Gasteiger partial charge in [0.1, 0.15) is 0 Å². The van der Waals surface area contributed by atoms with Crippen LogP contribution in [0, 0.1) is 10.8 Å². The second kappa shape index (κ2) is 5.67. The molecule has 0 aromatic heterocycles. The van der Waals surface area contributed by atoms with Gasteiger partial charge in [0.25, 0.3) is 0 Å². The zero-order chi connectivity index (χ0) is 15.7. The molecule has 0 atom stereocenters. The van der Waals surface area contributed by atoms with Gasteiger partial charge in [0.15, 0.2) is 0 Å². The molecule has 1 aliphatic heterocycles. The summed E-state index contributed by atoms with van der Waals surface area (Å²) in [5.41, 5.74) is 5.39. The molecule has 2 rings (SSSR count). The van der Waals surface area contributed by atoms with E-state index in [1.165, 1.54) is 12.1 Å². The molecule has 0 spiro atoms. The Kier molecular flexibility index (Phi) is 4.27. The number of nitrogens with two attached hydrogens (primary N) is 1. The van der Waals surface area contributed by atoms with E-state index in [0.29, 0.717) is 12.1 Å². The highest BCUT2D eigenvalue weighted by molar-refractivity contribution is 5.83. The summed E-state index contributed by atoms with van der Waals surface area (Å²) >= 11 is 0. The third-order valence-corrected chi connectivity index (χ3v) is 4.27. The highest BCUT2D eigenvalue weighted by Gasteiger charge is 2.33. The number of halogens is 3. The monoisotopic (exact) mass is 299 g/mol. The van der Waals surface area contributed by atoms with E-state index in [1.807, 2.05) is 6.92 Å². The van der Waals surface area contributed by atoms with Crippen molar-refractivity contribution in [3.8, 4) is 0 Å². The van der Waals surface area contributed by atoms with Gasteiger partial charge in [-0.25, -0.2) is 0 Å². The van der Waals surface area contributed by atoms with Crippen LogP contribution in [0.2, 0.25) is 0 Å². The minimum atomic E-state index is -4.30. The van der Waals surface area contributed by atoms with Gasteiger partial charge in [0.05, 0.1) is 11.4 Å². The Bertz CT molecular complexity index is 517. The van der Waals surface area contributed by atoms with Crippen LogP contribution in [0.5, 0.6) is 0 Å². The van der Waals surface area contributed by atoms with Crippen LogP contribution >= 0.6 is 0 Å². The quantitative estimate of drug-likeness (QED) is 0.665. The van der Waals surface area contributed by atoms with Gasteiger partial charge < -0.3 is 5.73 Å². The van der Waals surface area contributed by atoms with E-state index in [9.17, 15) is 13.2 Å². The van der Waals surface area contributed by atoms with E-state index in [4.69, 9.17) is 11.1 Å². The summed E-state index contributed by atoms with van der Waals surface area (Å²) in [5.74, 6) is 0.196. The van der Waals surface area contributed by atoms with Crippen LogP contribution in [-0.4, -0.2) is 23.8 Å². The predicted molar refractivity (Wildman–Crippen MR) is 76.0 cm³/mol. The zero-order valence-corrected chi connectivity index (χ0v) is 12.0. The topological polar surface area (TPSA) is 53.1 Å². The maximum Gasteiger partial charge on any atom is 0.416 e. The number of hydrogen-bond acceptors (Lipinski definition) is 2. The number of piperidine rings is 1. The fourth-order valence-corrected chi connectivity index (χ4v) is 2.58. The Morgan fingerprint density at radius 3 is 2.48 bits per heavy atom. The van der Waals surface area contributed by atoms with Gasteiger partial charge in [0, 0.05) is 12.0 Å². The van der Waals surface area contributed by atoms with Crippen molar-refractivity contribution in [2.75, 3.05) is 13.1 Å². The molecule has 0 amide bonds. The van der Waals surface area contributed by atoms with Crippen molar-refractivity contribution in [3.63, 3.8) is 0 Å². The summed E-state index contributed by atoms with van der Waals surface area (Å²) in [4.78, 5) is 2.11. The molecular formula is C15H20F3N3. The highest BCUT2D eigenvalue weighted by atomic mass is 19.4. The molecule has 1 aromatic rings. The van der Waals surface area contributed by atoms with Crippen LogP contribution in [0.4, 0.5) is 13.2 Å². The van der Waals surface area contributed by atoms with Crippen LogP contribution < -0.4 is 5.73 Å². The molecule has 1 aliphatic rings. The number of amidine groups is 1. The Morgan fingerprint density at radius 1 is 1.33 bits per heavy atom. The van der Waals surface area contributed by atoms with E-state index in [0.717, 1.165) is 32.0 Å². The Balaban J connectivity index is 2.00. The molecule has 0 unspecified atom stereocenters. The zero-order valence-electron chi connectivity index (χ0n) is 12.0. The van der Waals surface area contributed by atoms with Crippen molar-refractivity contribution < 1.29 is 13.2 Å². The SMILES string of the molecule is CC1(C(=N)N)CCN(Cc2cccc(C(F)(F)F)c2)CC1. The molecule has 1 aromatic carbocycles. The average molecular weight is 299 g/mol.